The normalized spacial score (nSPS) is 15.4. The SMILES string of the molecule is CSc1nsc(NC(=O)COc2ccc(S(=O)(=O)N3CCOCC3)cc2)n1. The summed E-state index contributed by atoms with van der Waals surface area (Å²) in [6.07, 6.45) is 1.85. The van der Waals surface area contributed by atoms with Crippen molar-refractivity contribution in [3.8, 4) is 5.75 Å². The third kappa shape index (κ3) is 5.17. The fourth-order valence-electron chi connectivity index (χ4n) is 2.29. The van der Waals surface area contributed by atoms with Crippen molar-refractivity contribution in [3.63, 3.8) is 0 Å². The van der Waals surface area contributed by atoms with E-state index in [1.54, 1.807) is 0 Å². The molecular formula is C15H18N4O5S3. The highest BCUT2D eigenvalue weighted by atomic mass is 32.2. The van der Waals surface area contributed by atoms with E-state index in [1.165, 1.54) is 40.3 Å². The van der Waals surface area contributed by atoms with E-state index in [9.17, 15) is 13.2 Å². The summed E-state index contributed by atoms with van der Waals surface area (Å²) in [5.74, 6) is 0.0250. The number of hydrogen-bond acceptors (Lipinski definition) is 9. The number of aromatic nitrogens is 2. The number of rotatable bonds is 7. The van der Waals surface area contributed by atoms with Crippen LogP contribution in [0, 0.1) is 0 Å². The largest absolute Gasteiger partial charge is 0.484 e. The molecule has 0 aliphatic carbocycles. The molecule has 0 bridgehead atoms. The zero-order chi connectivity index (χ0) is 19.3. The lowest BCUT2D eigenvalue weighted by atomic mass is 10.3. The van der Waals surface area contributed by atoms with Gasteiger partial charge in [-0.25, -0.2) is 8.42 Å². The van der Waals surface area contributed by atoms with Crippen molar-refractivity contribution in [2.45, 2.75) is 10.1 Å². The minimum atomic E-state index is -3.55. The quantitative estimate of drug-likeness (QED) is 0.655. The Kier molecular flexibility index (Phi) is 6.65. The second-order valence-corrected chi connectivity index (χ2v) is 8.87. The van der Waals surface area contributed by atoms with E-state index < -0.39 is 10.0 Å². The van der Waals surface area contributed by atoms with Crippen LogP contribution >= 0.6 is 23.3 Å². The number of morpholine rings is 1. The number of sulfonamides is 1. The lowest BCUT2D eigenvalue weighted by Gasteiger charge is -2.26. The summed E-state index contributed by atoms with van der Waals surface area (Å²) >= 11 is 2.48. The van der Waals surface area contributed by atoms with Gasteiger partial charge in [0.25, 0.3) is 5.91 Å². The molecule has 146 valence electrons. The zero-order valence-corrected chi connectivity index (χ0v) is 16.9. The first-order valence-corrected chi connectivity index (χ1v) is 11.4. The topological polar surface area (TPSA) is 111 Å². The van der Waals surface area contributed by atoms with Crippen LogP contribution in [0.25, 0.3) is 0 Å². The molecule has 9 nitrogen and oxygen atoms in total. The Labute approximate surface area is 165 Å². The number of amides is 1. The van der Waals surface area contributed by atoms with Gasteiger partial charge in [-0.2, -0.15) is 13.7 Å². The maximum Gasteiger partial charge on any atom is 0.264 e. The molecule has 0 unspecified atom stereocenters. The van der Waals surface area contributed by atoms with Gasteiger partial charge in [-0.05, 0) is 30.5 Å². The Morgan fingerprint density at radius 2 is 2.04 bits per heavy atom. The van der Waals surface area contributed by atoms with Gasteiger partial charge in [0.1, 0.15) is 5.75 Å². The molecule has 1 N–H and O–H groups in total. The molecule has 1 aromatic carbocycles. The van der Waals surface area contributed by atoms with Gasteiger partial charge in [-0.1, -0.05) is 11.8 Å². The second-order valence-electron chi connectivity index (χ2n) is 5.41. The van der Waals surface area contributed by atoms with E-state index in [2.05, 4.69) is 14.7 Å². The molecular weight excluding hydrogens is 412 g/mol. The first-order valence-electron chi connectivity index (χ1n) is 7.97. The Morgan fingerprint density at radius 3 is 2.67 bits per heavy atom. The van der Waals surface area contributed by atoms with Gasteiger partial charge in [0.2, 0.25) is 20.3 Å². The lowest BCUT2D eigenvalue weighted by Crippen LogP contribution is -2.40. The molecule has 0 radical (unpaired) electrons. The smallest absolute Gasteiger partial charge is 0.264 e. The molecule has 1 aliphatic rings. The van der Waals surface area contributed by atoms with Gasteiger partial charge in [0, 0.05) is 24.6 Å². The Hall–Kier alpha value is -1.73. The van der Waals surface area contributed by atoms with Crippen LogP contribution in [0.3, 0.4) is 0 Å². The molecule has 0 saturated carbocycles. The Balaban J connectivity index is 1.55. The standard InChI is InChI=1S/C15H18N4O5S3/c1-25-15-17-14(26-18-15)16-13(20)10-24-11-2-4-12(5-3-11)27(21,22)19-6-8-23-9-7-19/h2-5H,6-10H2,1H3,(H,16,17,18,20). The molecule has 0 spiro atoms. The number of benzene rings is 1. The van der Waals surface area contributed by atoms with E-state index in [1.807, 2.05) is 6.26 Å². The van der Waals surface area contributed by atoms with Crippen molar-refractivity contribution < 1.29 is 22.7 Å². The van der Waals surface area contributed by atoms with Crippen LogP contribution in [0.15, 0.2) is 34.3 Å². The molecule has 27 heavy (non-hydrogen) atoms. The fraction of sp³-hybridized carbons (Fsp3) is 0.400. The van der Waals surface area contributed by atoms with Gasteiger partial charge < -0.3 is 9.47 Å². The van der Waals surface area contributed by atoms with E-state index in [-0.39, 0.29) is 17.4 Å². The van der Waals surface area contributed by atoms with Gasteiger partial charge in [0.15, 0.2) is 6.61 Å². The number of carbonyl (C=O) groups is 1. The average molecular weight is 431 g/mol. The minimum absolute atomic E-state index is 0.180. The highest BCUT2D eigenvalue weighted by Gasteiger charge is 2.26. The number of carbonyl (C=O) groups excluding carboxylic acids is 1. The van der Waals surface area contributed by atoms with Gasteiger partial charge in [-0.3, -0.25) is 10.1 Å². The van der Waals surface area contributed by atoms with Crippen LogP contribution in [0.1, 0.15) is 0 Å². The highest BCUT2D eigenvalue weighted by Crippen LogP contribution is 2.21. The molecule has 0 atom stereocenters. The van der Waals surface area contributed by atoms with Crippen molar-refractivity contribution in [2.75, 3.05) is 44.5 Å². The van der Waals surface area contributed by atoms with Crippen molar-refractivity contribution >= 4 is 44.4 Å². The first-order chi connectivity index (χ1) is 13.0. The molecule has 12 heteroatoms. The van der Waals surface area contributed by atoms with E-state index >= 15 is 0 Å². The first kappa shape index (κ1) is 20.0. The summed E-state index contributed by atoms with van der Waals surface area (Å²) in [6, 6.07) is 5.98. The van der Waals surface area contributed by atoms with Gasteiger partial charge in [-0.15, -0.1) is 0 Å². The number of nitrogens with zero attached hydrogens (tertiary/aromatic N) is 3. The number of hydrogen-bond donors (Lipinski definition) is 1. The number of nitrogens with one attached hydrogen (secondary N) is 1. The third-order valence-corrected chi connectivity index (χ3v) is 6.84. The van der Waals surface area contributed by atoms with E-state index in [0.717, 1.165) is 11.5 Å². The molecule has 1 saturated heterocycles. The molecule has 2 aromatic rings. The van der Waals surface area contributed by atoms with Crippen LogP contribution in [0.2, 0.25) is 0 Å². The molecule has 1 fully saturated rings. The Bertz CT molecular complexity index is 879. The van der Waals surface area contributed by atoms with Crippen LogP contribution in [0.5, 0.6) is 5.75 Å². The maximum atomic E-state index is 12.5. The lowest BCUT2D eigenvalue weighted by molar-refractivity contribution is -0.118. The van der Waals surface area contributed by atoms with Crippen LogP contribution in [-0.2, 0) is 19.6 Å². The summed E-state index contributed by atoms with van der Waals surface area (Å²) in [7, 11) is -3.55. The van der Waals surface area contributed by atoms with Crippen molar-refractivity contribution in [2.24, 2.45) is 0 Å². The third-order valence-electron chi connectivity index (χ3n) is 3.64. The molecule has 2 heterocycles. The summed E-state index contributed by atoms with van der Waals surface area (Å²) < 4.78 is 41.1. The number of ether oxygens (including phenoxy) is 2. The zero-order valence-electron chi connectivity index (χ0n) is 14.5. The monoisotopic (exact) mass is 430 g/mol. The van der Waals surface area contributed by atoms with Crippen molar-refractivity contribution in [3.05, 3.63) is 24.3 Å². The van der Waals surface area contributed by atoms with Gasteiger partial charge >= 0.3 is 0 Å². The molecule has 1 amide bonds. The summed E-state index contributed by atoms with van der Waals surface area (Å²) in [4.78, 5) is 16.2. The van der Waals surface area contributed by atoms with Crippen molar-refractivity contribution in [1.29, 1.82) is 0 Å². The average Bonchev–Trinajstić information content (AvgIpc) is 3.15. The van der Waals surface area contributed by atoms with Crippen LogP contribution < -0.4 is 10.1 Å². The number of thioether (sulfide) groups is 1. The van der Waals surface area contributed by atoms with Crippen LogP contribution in [-0.4, -0.2) is 67.2 Å². The summed E-state index contributed by atoms with van der Waals surface area (Å²) in [5, 5.41) is 3.59. The fourth-order valence-corrected chi connectivity index (χ4v) is 4.84. The second kappa shape index (κ2) is 8.97. The highest BCUT2D eigenvalue weighted by molar-refractivity contribution is 7.98. The predicted octanol–water partition coefficient (Wildman–Crippen LogP) is 1.30. The predicted molar refractivity (Wildman–Crippen MR) is 102 cm³/mol. The van der Waals surface area contributed by atoms with Crippen molar-refractivity contribution in [1.82, 2.24) is 13.7 Å². The van der Waals surface area contributed by atoms with Gasteiger partial charge in [0.05, 0.1) is 18.1 Å². The summed E-state index contributed by atoms with van der Waals surface area (Å²) in [6.45, 7) is 1.24. The van der Waals surface area contributed by atoms with Crippen LogP contribution in [0.4, 0.5) is 5.13 Å². The Morgan fingerprint density at radius 1 is 1.33 bits per heavy atom. The molecule has 1 aromatic heterocycles. The molecule has 1 aliphatic heterocycles. The maximum absolute atomic E-state index is 12.5. The number of anilines is 1. The van der Waals surface area contributed by atoms with E-state index in [0.29, 0.717) is 42.3 Å². The summed E-state index contributed by atoms with van der Waals surface area (Å²) in [5.41, 5.74) is 0. The minimum Gasteiger partial charge on any atom is -0.484 e. The molecule has 3 rings (SSSR count). The van der Waals surface area contributed by atoms with E-state index in [4.69, 9.17) is 9.47 Å².